The summed E-state index contributed by atoms with van der Waals surface area (Å²) in [5.74, 6) is -0.229. The summed E-state index contributed by atoms with van der Waals surface area (Å²) in [6.07, 6.45) is 1.60. The van der Waals surface area contributed by atoms with E-state index in [2.05, 4.69) is 10.3 Å². The third-order valence-electron chi connectivity index (χ3n) is 2.62. The highest BCUT2D eigenvalue weighted by Crippen LogP contribution is 2.20. The lowest BCUT2D eigenvalue weighted by Crippen LogP contribution is -2.22. The van der Waals surface area contributed by atoms with Crippen molar-refractivity contribution in [2.24, 2.45) is 0 Å². The largest absolute Gasteiger partial charge is 0.508 e. The molecule has 0 saturated heterocycles. The van der Waals surface area contributed by atoms with E-state index in [0.717, 1.165) is 11.6 Å². The molecule has 0 atom stereocenters. The van der Waals surface area contributed by atoms with E-state index in [0.29, 0.717) is 5.88 Å². The van der Waals surface area contributed by atoms with Gasteiger partial charge in [0.15, 0.2) is 0 Å². The van der Waals surface area contributed by atoms with Crippen molar-refractivity contribution >= 4 is 5.91 Å². The minimum absolute atomic E-state index is 0.165. The van der Waals surface area contributed by atoms with E-state index in [1.807, 2.05) is 0 Å². The van der Waals surface area contributed by atoms with Crippen LogP contribution in [-0.4, -0.2) is 28.2 Å². The highest BCUT2D eigenvalue weighted by molar-refractivity contribution is 5.94. The SMILES string of the molecule is COc1ccc(CNC(=O)c2cc(O)cc(O)c2)cn1. The molecule has 0 aliphatic heterocycles. The van der Waals surface area contributed by atoms with Crippen LogP contribution in [0.5, 0.6) is 17.4 Å². The van der Waals surface area contributed by atoms with E-state index < -0.39 is 5.91 Å². The molecule has 2 rings (SSSR count). The van der Waals surface area contributed by atoms with Crippen LogP contribution in [0, 0.1) is 0 Å². The van der Waals surface area contributed by atoms with Crippen LogP contribution >= 0.6 is 0 Å². The van der Waals surface area contributed by atoms with Crippen molar-refractivity contribution in [1.29, 1.82) is 0 Å². The quantitative estimate of drug-likeness (QED) is 0.784. The summed E-state index contributed by atoms with van der Waals surface area (Å²) in [7, 11) is 1.53. The van der Waals surface area contributed by atoms with Crippen LogP contribution in [-0.2, 0) is 6.54 Å². The number of carbonyl (C=O) groups is 1. The van der Waals surface area contributed by atoms with Gasteiger partial charge in [-0.15, -0.1) is 0 Å². The highest BCUT2D eigenvalue weighted by Gasteiger charge is 2.08. The van der Waals surface area contributed by atoms with Crippen LogP contribution < -0.4 is 10.1 Å². The number of phenolic OH excluding ortho intramolecular Hbond substituents is 2. The van der Waals surface area contributed by atoms with Gasteiger partial charge in [-0.25, -0.2) is 4.98 Å². The number of ether oxygens (including phenoxy) is 1. The number of hydrogen-bond acceptors (Lipinski definition) is 5. The minimum atomic E-state index is -0.396. The summed E-state index contributed by atoms with van der Waals surface area (Å²) in [6.45, 7) is 0.284. The van der Waals surface area contributed by atoms with Gasteiger partial charge in [-0.2, -0.15) is 0 Å². The number of hydrogen-bond donors (Lipinski definition) is 3. The topological polar surface area (TPSA) is 91.7 Å². The number of aromatic nitrogens is 1. The molecule has 0 spiro atoms. The normalized spacial score (nSPS) is 10.1. The Morgan fingerprint density at radius 3 is 2.50 bits per heavy atom. The number of rotatable bonds is 4. The number of phenols is 2. The first-order chi connectivity index (χ1) is 9.58. The van der Waals surface area contributed by atoms with E-state index in [1.54, 1.807) is 18.3 Å². The molecule has 0 saturated carbocycles. The third kappa shape index (κ3) is 3.38. The van der Waals surface area contributed by atoms with E-state index >= 15 is 0 Å². The van der Waals surface area contributed by atoms with Crippen molar-refractivity contribution < 1.29 is 19.7 Å². The van der Waals surface area contributed by atoms with Gasteiger partial charge in [0.2, 0.25) is 5.88 Å². The number of aromatic hydroxyl groups is 2. The molecule has 104 valence electrons. The molecule has 0 bridgehead atoms. The van der Waals surface area contributed by atoms with Gasteiger partial charge in [-0.3, -0.25) is 4.79 Å². The van der Waals surface area contributed by atoms with E-state index in [9.17, 15) is 15.0 Å². The first-order valence-corrected chi connectivity index (χ1v) is 5.88. The molecule has 1 aromatic carbocycles. The molecule has 20 heavy (non-hydrogen) atoms. The molecule has 2 aromatic rings. The van der Waals surface area contributed by atoms with Crippen molar-refractivity contribution in [2.45, 2.75) is 6.54 Å². The number of pyridine rings is 1. The number of methoxy groups -OCH3 is 1. The van der Waals surface area contributed by atoms with Crippen molar-refractivity contribution in [2.75, 3.05) is 7.11 Å². The fourth-order valence-electron chi connectivity index (χ4n) is 1.65. The molecule has 0 aliphatic carbocycles. The third-order valence-corrected chi connectivity index (χ3v) is 2.62. The minimum Gasteiger partial charge on any atom is -0.508 e. The first-order valence-electron chi connectivity index (χ1n) is 5.88. The monoisotopic (exact) mass is 274 g/mol. The molecule has 0 radical (unpaired) electrons. The second-order valence-corrected chi connectivity index (χ2v) is 4.13. The zero-order valence-corrected chi connectivity index (χ0v) is 10.8. The second-order valence-electron chi connectivity index (χ2n) is 4.13. The van der Waals surface area contributed by atoms with Crippen molar-refractivity contribution in [1.82, 2.24) is 10.3 Å². The number of benzene rings is 1. The van der Waals surface area contributed by atoms with Gasteiger partial charge in [-0.05, 0) is 17.7 Å². The molecule has 3 N–H and O–H groups in total. The first kappa shape index (κ1) is 13.7. The molecule has 0 fully saturated rings. The lowest BCUT2D eigenvalue weighted by atomic mass is 10.2. The van der Waals surface area contributed by atoms with Gasteiger partial charge >= 0.3 is 0 Å². The summed E-state index contributed by atoms with van der Waals surface area (Å²) in [5, 5.41) is 21.3. The smallest absolute Gasteiger partial charge is 0.251 e. The average Bonchev–Trinajstić information content (AvgIpc) is 2.44. The maximum atomic E-state index is 11.9. The van der Waals surface area contributed by atoms with Gasteiger partial charge in [0.1, 0.15) is 11.5 Å². The lowest BCUT2D eigenvalue weighted by molar-refractivity contribution is 0.0950. The van der Waals surface area contributed by atoms with Crippen LogP contribution in [0.25, 0.3) is 0 Å². The van der Waals surface area contributed by atoms with Gasteiger partial charge in [0.25, 0.3) is 5.91 Å². The second kappa shape index (κ2) is 5.92. The fraction of sp³-hybridized carbons (Fsp3) is 0.143. The predicted molar refractivity (Wildman–Crippen MR) is 71.7 cm³/mol. The predicted octanol–water partition coefficient (Wildman–Crippen LogP) is 1.43. The molecule has 1 heterocycles. The Kier molecular flexibility index (Phi) is 4.05. The average molecular weight is 274 g/mol. The summed E-state index contributed by atoms with van der Waals surface area (Å²) in [5.41, 5.74) is 0.993. The van der Waals surface area contributed by atoms with Crippen LogP contribution in [0.1, 0.15) is 15.9 Å². The Hall–Kier alpha value is -2.76. The summed E-state index contributed by atoms with van der Waals surface area (Å²) in [4.78, 5) is 15.9. The molecule has 1 amide bonds. The molecule has 0 aliphatic rings. The zero-order chi connectivity index (χ0) is 14.5. The van der Waals surface area contributed by atoms with Gasteiger partial charge in [-0.1, -0.05) is 6.07 Å². The van der Waals surface area contributed by atoms with Crippen LogP contribution in [0.2, 0.25) is 0 Å². The molecular formula is C14H14N2O4. The van der Waals surface area contributed by atoms with Crippen molar-refractivity contribution in [3.8, 4) is 17.4 Å². The lowest BCUT2D eigenvalue weighted by Gasteiger charge is -2.06. The Bertz CT molecular complexity index is 591. The molecule has 6 nitrogen and oxygen atoms in total. The van der Waals surface area contributed by atoms with Crippen molar-refractivity contribution in [3.63, 3.8) is 0 Å². The van der Waals surface area contributed by atoms with Gasteiger partial charge < -0.3 is 20.3 Å². The standard InChI is InChI=1S/C14H14N2O4/c1-20-13-3-2-9(7-15-13)8-16-14(19)10-4-11(17)6-12(18)5-10/h2-7,17-18H,8H2,1H3,(H,16,19). The molecule has 0 unspecified atom stereocenters. The van der Waals surface area contributed by atoms with E-state index in [1.165, 1.54) is 19.2 Å². The summed E-state index contributed by atoms with van der Waals surface area (Å²) >= 11 is 0. The number of nitrogens with zero attached hydrogens (tertiary/aromatic N) is 1. The van der Waals surface area contributed by atoms with Crippen molar-refractivity contribution in [3.05, 3.63) is 47.7 Å². The molecular weight excluding hydrogens is 260 g/mol. The Morgan fingerprint density at radius 2 is 1.95 bits per heavy atom. The van der Waals surface area contributed by atoms with Gasteiger partial charge in [0, 0.05) is 30.4 Å². The zero-order valence-electron chi connectivity index (χ0n) is 10.8. The van der Waals surface area contributed by atoms with Gasteiger partial charge in [0.05, 0.1) is 7.11 Å². The van der Waals surface area contributed by atoms with Crippen LogP contribution in [0.4, 0.5) is 0 Å². The van der Waals surface area contributed by atoms with Crippen LogP contribution in [0.3, 0.4) is 0 Å². The maximum absolute atomic E-state index is 11.9. The summed E-state index contributed by atoms with van der Waals surface area (Å²) in [6, 6.07) is 7.19. The number of amides is 1. The number of carbonyl (C=O) groups excluding carboxylic acids is 1. The van der Waals surface area contributed by atoms with E-state index in [-0.39, 0.29) is 23.6 Å². The Balaban J connectivity index is 2.00. The maximum Gasteiger partial charge on any atom is 0.251 e. The fourth-order valence-corrected chi connectivity index (χ4v) is 1.65. The highest BCUT2D eigenvalue weighted by atomic mass is 16.5. The Labute approximate surface area is 115 Å². The Morgan fingerprint density at radius 1 is 1.25 bits per heavy atom. The molecule has 6 heteroatoms. The summed E-state index contributed by atoms with van der Waals surface area (Å²) < 4.78 is 4.94. The van der Waals surface area contributed by atoms with Crippen LogP contribution in [0.15, 0.2) is 36.5 Å². The van der Waals surface area contributed by atoms with E-state index in [4.69, 9.17) is 4.74 Å². The number of nitrogens with one attached hydrogen (secondary N) is 1. The molecule has 1 aromatic heterocycles.